The molecule has 1 aliphatic carbocycles. The van der Waals surface area contributed by atoms with Crippen LogP contribution in [0, 0.1) is 17.8 Å². The Hall–Kier alpha value is -0.790. The molecule has 1 rings (SSSR count). The van der Waals surface area contributed by atoms with Gasteiger partial charge in [0, 0.05) is 0 Å². The minimum absolute atomic E-state index is 0.0533. The van der Waals surface area contributed by atoms with Gasteiger partial charge in [-0.3, -0.25) is 4.79 Å². The second kappa shape index (κ2) is 5.18. The van der Waals surface area contributed by atoms with Gasteiger partial charge < -0.3 is 4.74 Å². The Morgan fingerprint density at radius 1 is 1.50 bits per heavy atom. The van der Waals surface area contributed by atoms with Gasteiger partial charge >= 0.3 is 5.97 Å². The molecule has 0 spiro atoms. The van der Waals surface area contributed by atoms with Crippen molar-refractivity contribution in [1.29, 1.82) is 0 Å². The van der Waals surface area contributed by atoms with Gasteiger partial charge in [-0.1, -0.05) is 32.9 Å². The van der Waals surface area contributed by atoms with Crippen LogP contribution in [0.15, 0.2) is 12.2 Å². The van der Waals surface area contributed by atoms with E-state index in [0.717, 1.165) is 6.42 Å². The Morgan fingerprint density at radius 3 is 2.71 bits per heavy atom. The van der Waals surface area contributed by atoms with Crippen LogP contribution in [0.5, 0.6) is 0 Å². The maximum atomic E-state index is 11.4. The molecular weight excluding hydrogens is 176 g/mol. The molecule has 1 aliphatic rings. The van der Waals surface area contributed by atoms with Crippen molar-refractivity contribution in [2.45, 2.75) is 33.6 Å². The molecule has 0 bridgehead atoms. The van der Waals surface area contributed by atoms with Crippen molar-refractivity contribution in [1.82, 2.24) is 0 Å². The van der Waals surface area contributed by atoms with E-state index in [9.17, 15) is 4.79 Å². The number of ether oxygens (including phenoxy) is 1. The molecule has 0 fully saturated rings. The van der Waals surface area contributed by atoms with E-state index in [1.54, 1.807) is 0 Å². The monoisotopic (exact) mass is 196 g/mol. The zero-order valence-corrected chi connectivity index (χ0v) is 9.32. The Bertz CT molecular complexity index is 218. The molecule has 2 heteroatoms. The van der Waals surface area contributed by atoms with Gasteiger partial charge in [-0.2, -0.15) is 0 Å². The van der Waals surface area contributed by atoms with E-state index in [1.165, 1.54) is 0 Å². The van der Waals surface area contributed by atoms with Crippen molar-refractivity contribution in [3.8, 4) is 0 Å². The van der Waals surface area contributed by atoms with Crippen molar-refractivity contribution in [2.75, 3.05) is 6.61 Å². The standard InChI is InChI=1S/C12H20O2/c1-9(2)8-14-12(13)7-11-5-4-10(3)6-11/h4-5,9-11H,6-8H2,1-3H3. The van der Waals surface area contributed by atoms with Crippen LogP contribution in [-0.4, -0.2) is 12.6 Å². The first-order valence-electron chi connectivity index (χ1n) is 5.42. The summed E-state index contributed by atoms with van der Waals surface area (Å²) in [5.74, 6) is 1.40. The number of allylic oxidation sites excluding steroid dienone is 2. The fourth-order valence-corrected chi connectivity index (χ4v) is 1.67. The average molecular weight is 196 g/mol. The quantitative estimate of drug-likeness (QED) is 0.510. The Kier molecular flexibility index (Phi) is 4.18. The van der Waals surface area contributed by atoms with Crippen LogP contribution in [0.25, 0.3) is 0 Å². The smallest absolute Gasteiger partial charge is 0.306 e. The topological polar surface area (TPSA) is 26.3 Å². The fourth-order valence-electron chi connectivity index (χ4n) is 1.67. The molecule has 2 nitrogen and oxygen atoms in total. The molecule has 2 atom stereocenters. The van der Waals surface area contributed by atoms with Crippen LogP contribution in [0.3, 0.4) is 0 Å². The lowest BCUT2D eigenvalue weighted by Crippen LogP contribution is -2.13. The summed E-state index contributed by atoms with van der Waals surface area (Å²) in [5.41, 5.74) is 0. The van der Waals surface area contributed by atoms with Gasteiger partial charge in [-0.05, 0) is 24.2 Å². The van der Waals surface area contributed by atoms with Crippen molar-refractivity contribution >= 4 is 5.97 Å². The lowest BCUT2D eigenvalue weighted by Gasteiger charge is -2.10. The highest BCUT2D eigenvalue weighted by Crippen LogP contribution is 2.25. The maximum absolute atomic E-state index is 11.4. The highest BCUT2D eigenvalue weighted by Gasteiger charge is 2.19. The van der Waals surface area contributed by atoms with E-state index in [0.29, 0.717) is 30.8 Å². The average Bonchev–Trinajstić information content (AvgIpc) is 2.48. The highest BCUT2D eigenvalue weighted by molar-refractivity contribution is 5.70. The first-order chi connectivity index (χ1) is 6.58. The van der Waals surface area contributed by atoms with Gasteiger partial charge in [-0.15, -0.1) is 0 Å². The minimum Gasteiger partial charge on any atom is -0.465 e. The molecule has 0 aromatic rings. The molecular formula is C12H20O2. The maximum Gasteiger partial charge on any atom is 0.306 e. The molecule has 0 amide bonds. The summed E-state index contributed by atoms with van der Waals surface area (Å²) in [4.78, 5) is 11.4. The molecule has 0 N–H and O–H groups in total. The van der Waals surface area contributed by atoms with E-state index in [-0.39, 0.29) is 5.97 Å². The molecule has 0 aliphatic heterocycles. The molecule has 0 aromatic heterocycles. The zero-order chi connectivity index (χ0) is 10.6. The normalized spacial score (nSPS) is 25.7. The van der Waals surface area contributed by atoms with Gasteiger partial charge in [-0.25, -0.2) is 0 Å². The number of esters is 1. The van der Waals surface area contributed by atoms with Gasteiger partial charge in [0.05, 0.1) is 13.0 Å². The van der Waals surface area contributed by atoms with Crippen molar-refractivity contribution in [3.05, 3.63) is 12.2 Å². The number of carbonyl (C=O) groups excluding carboxylic acids is 1. The van der Waals surface area contributed by atoms with E-state index < -0.39 is 0 Å². The third-order valence-electron chi connectivity index (χ3n) is 2.39. The van der Waals surface area contributed by atoms with Gasteiger partial charge in [0.2, 0.25) is 0 Å². The van der Waals surface area contributed by atoms with E-state index in [1.807, 2.05) is 13.8 Å². The Labute approximate surface area is 86.3 Å². The molecule has 14 heavy (non-hydrogen) atoms. The van der Waals surface area contributed by atoms with Crippen molar-refractivity contribution < 1.29 is 9.53 Å². The van der Waals surface area contributed by atoms with E-state index in [2.05, 4.69) is 19.1 Å². The van der Waals surface area contributed by atoms with Crippen LogP contribution in [0.2, 0.25) is 0 Å². The summed E-state index contributed by atoms with van der Waals surface area (Å²) >= 11 is 0. The van der Waals surface area contributed by atoms with E-state index >= 15 is 0 Å². The zero-order valence-electron chi connectivity index (χ0n) is 9.32. The predicted molar refractivity (Wildman–Crippen MR) is 56.8 cm³/mol. The lowest BCUT2D eigenvalue weighted by molar-refractivity contribution is -0.145. The number of hydrogen-bond donors (Lipinski definition) is 0. The van der Waals surface area contributed by atoms with Crippen molar-refractivity contribution in [2.24, 2.45) is 17.8 Å². The summed E-state index contributed by atoms with van der Waals surface area (Å²) in [6.07, 6.45) is 5.96. The van der Waals surface area contributed by atoms with Gasteiger partial charge in [0.1, 0.15) is 0 Å². The summed E-state index contributed by atoms with van der Waals surface area (Å²) in [6, 6.07) is 0. The van der Waals surface area contributed by atoms with Crippen LogP contribution < -0.4 is 0 Å². The predicted octanol–water partition coefficient (Wildman–Crippen LogP) is 2.79. The third kappa shape index (κ3) is 3.95. The number of rotatable bonds is 4. The summed E-state index contributed by atoms with van der Waals surface area (Å²) in [5, 5.41) is 0. The first-order valence-corrected chi connectivity index (χ1v) is 5.42. The minimum atomic E-state index is -0.0533. The molecule has 0 saturated carbocycles. The first kappa shape index (κ1) is 11.3. The molecule has 0 radical (unpaired) electrons. The van der Waals surface area contributed by atoms with Gasteiger partial charge in [0.25, 0.3) is 0 Å². The van der Waals surface area contributed by atoms with Crippen molar-refractivity contribution in [3.63, 3.8) is 0 Å². The van der Waals surface area contributed by atoms with Crippen LogP contribution in [-0.2, 0) is 9.53 Å². The summed E-state index contributed by atoms with van der Waals surface area (Å²) in [7, 11) is 0. The molecule has 2 unspecified atom stereocenters. The number of hydrogen-bond acceptors (Lipinski definition) is 2. The second-order valence-electron chi connectivity index (χ2n) is 4.64. The molecule has 0 saturated heterocycles. The molecule has 0 aromatic carbocycles. The molecule has 0 heterocycles. The summed E-state index contributed by atoms with van der Waals surface area (Å²) in [6.45, 7) is 6.82. The largest absolute Gasteiger partial charge is 0.465 e. The van der Waals surface area contributed by atoms with Crippen LogP contribution in [0.4, 0.5) is 0 Å². The Balaban J connectivity index is 2.18. The van der Waals surface area contributed by atoms with Crippen LogP contribution >= 0.6 is 0 Å². The van der Waals surface area contributed by atoms with Gasteiger partial charge in [0.15, 0.2) is 0 Å². The Morgan fingerprint density at radius 2 is 2.21 bits per heavy atom. The fraction of sp³-hybridized carbons (Fsp3) is 0.750. The second-order valence-corrected chi connectivity index (χ2v) is 4.64. The SMILES string of the molecule is CC(C)COC(=O)CC1C=CC(C)C1. The number of carbonyl (C=O) groups is 1. The molecule has 80 valence electrons. The lowest BCUT2D eigenvalue weighted by atomic mass is 10.0. The highest BCUT2D eigenvalue weighted by atomic mass is 16.5. The van der Waals surface area contributed by atoms with E-state index in [4.69, 9.17) is 4.74 Å². The summed E-state index contributed by atoms with van der Waals surface area (Å²) < 4.78 is 5.13. The van der Waals surface area contributed by atoms with Crippen LogP contribution in [0.1, 0.15) is 33.6 Å². The third-order valence-corrected chi connectivity index (χ3v) is 2.39.